The molecule has 1 aromatic heterocycles. The van der Waals surface area contributed by atoms with Crippen LogP contribution in [0.1, 0.15) is 0 Å². The van der Waals surface area contributed by atoms with Gasteiger partial charge < -0.3 is 4.98 Å². The first kappa shape index (κ1) is 22.6. The van der Waals surface area contributed by atoms with Crippen LogP contribution in [0.4, 0.5) is 0 Å². The van der Waals surface area contributed by atoms with Crippen molar-refractivity contribution >= 4 is 21.5 Å². The zero-order chi connectivity index (χ0) is 21.6. The van der Waals surface area contributed by atoms with Gasteiger partial charge in [-0.05, 0) is 22.5 Å². The van der Waals surface area contributed by atoms with Crippen LogP contribution in [0, 0.1) is 18.2 Å². The van der Waals surface area contributed by atoms with E-state index >= 15 is 0 Å². The molecular formula is C31H20IrN. The second-order valence-electron chi connectivity index (χ2n) is 7.37. The van der Waals surface area contributed by atoms with Gasteiger partial charge in [-0.2, -0.15) is 36.4 Å². The van der Waals surface area contributed by atoms with Crippen molar-refractivity contribution < 1.29 is 20.1 Å². The quantitative estimate of drug-likeness (QED) is 0.185. The number of pyridine rings is 1. The number of hydrogen-bond donors (Lipinski definition) is 0. The van der Waals surface area contributed by atoms with Crippen molar-refractivity contribution in [2.75, 3.05) is 0 Å². The SMILES string of the molecule is [Ir+3].[c-]1ccccc1-c1[c-]ccc2ccccc12.[c-]1ccccc1-c1nccc2ccccc12. The van der Waals surface area contributed by atoms with Crippen LogP contribution in [0.25, 0.3) is 43.9 Å². The van der Waals surface area contributed by atoms with Gasteiger partial charge in [-0.3, -0.25) is 0 Å². The van der Waals surface area contributed by atoms with Gasteiger partial charge in [0, 0.05) is 6.20 Å². The van der Waals surface area contributed by atoms with Crippen molar-refractivity contribution in [1.82, 2.24) is 4.98 Å². The third-order valence-corrected chi connectivity index (χ3v) is 5.34. The van der Waals surface area contributed by atoms with Crippen molar-refractivity contribution in [2.24, 2.45) is 0 Å². The molecule has 6 rings (SSSR count). The zero-order valence-electron chi connectivity index (χ0n) is 17.8. The summed E-state index contributed by atoms with van der Waals surface area (Å²) in [6, 6.07) is 48.4. The van der Waals surface area contributed by atoms with Crippen LogP contribution in [0.3, 0.4) is 0 Å². The third kappa shape index (κ3) is 5.09. The Hall–Kier alpha value is -3.58. The Morgan fingerprint density at radius 1 is 0.485 bits per heavy atom. The first-order valence-electron chi connectivity index (χ1n) is 10.6. The molecule has 0 aliphatic rings. The van der Waals surface area contributed by atoms with E-state index in [1.54, 1.807) is 0 Å². The molecule has 0 atom stereocenters. The molecule has 0 radical (unpaired) electrons. The summed E-state index contributed by atoms with van der Waals surface area (Å²) in [5.41, 5.74) is 4.26. The van der Waals surface area contributed by atoms with Crippen LogP contribution in [-0.2, 0) is 20.1 Å². The molecule has 0 aliphatic heterocycles. The Bertz CT molecular complexity index is 1340. The summed E-state index contributed by atoms with van der Waals surface area (Å²) in [5, 5.41) is 4.86. The van der Waals surface area contributed by atoms with E-state index in [0.717, 1.165) is 22.4 Å². The predicted octanol–water partition coefficient (Wildman–Crippen LogP) is 7.81. The molecule has 6 aromatic rings. The number of fused-ring (bicyclic) bond motifs is 2. The fourth-order valence-electron chi connectivity index (χ4n) is 3.81. The van der Waals surface area contributed by atoms with Gasteiger partial charge in [-0.1, -0.05) is 42.5 Å². The number of hydrogen-bond acceptors (Lipinski definition) is 1. The average molecular weight is 599 g/mol. The smallest absolute Gasteiger partial charge is 0.304 e. The topological polar surface area (TPSA) is 12.9 Å². The Kier molecular flexibility index (Phi) is 7.42. The number of nitrogens with zero attached hydrogens (tertiary/aromatic N) is 1. The summed E-state index contributed by atoms with van der Waals surface area (Å²) in [4.78, 5) is 4.45. The van der Waals surface area contributed by atoms with E-state index in [2.05, 4.69) is 71.7 Å². The average Bonchev–Trinajstić information content (AvgIpc) is 2.89. The summed E-state index contributed by atoms with van der Waals surface area (Å²) >= 11 is 0. The Morgan fingerprint density at radius 3 is 1.79 bits per heavy atom. The molecule has 158 valence electrons. The molecule has 0 spiro atoms. The summed E-state index contributed by atoms with van der Waals surface area (Å²) in [7, 11) is 0. The van der Waals surface area contributed by atoms with Gasteiger partial charge in [0.1, 0.15) is 0 Å². The number of benzene rings is 5. The molecule has 0 saturated carbocycles. The van der Waals surface area contributed by atoms with E-state index in [1.165, 1.54) is 21.5 Å². The van der Waals surface area contributed by atoms with E-state index in [1.807, 2.05) is 72.9 Å². The van der Waals surface area contributed by atoms with Gasteiger partial charge in [0.05, 0.1) is 0 Å². The maximum atomic E-state index is 4.45. The minimum atomic E-state index is 0. The van der Waals surface area contributed by atoms with Gasteiger partial charge in [0.2, 0.25) is 0 Å². The maximum absolute atomic E-state index is 4.45. The second kappa shape index (κ2) is 10.8. The monoisotopic (exact) mass is 599 g/mol. The summed E-state index contributed by atoms with van der Waals surface area (Å²) < 4.78 is 0. The summed E-state index contributed by atoms with van der Waals surface area (Å²) in [6.45, 7) is 0. The maximum Gasteiger partial charge on any atom is 3.00 e. The fraction of sp³-hybridized carbons (Fsp3) is 0. The first-order valence-corrected chi connectivity index (χ1v) is 10.6. The van der Waals surface area contributed by atoms with Crippen LogP contribution in [-0.4, -0.2) is 4.98 Å². The number of aromatic nitrogens is 1. The molecule has 0 amide bonds. The zero-order valence-corrected chi connectivity index (χ0v) is 20.2. The van der Waals surface area contributed by atoms with E-state index in [0.29, 0.717) is 0 Å². The van der Waals surface area contributed by atoms with Crippen LogP contribution < -0.4 is 0 Å². The summed E-state index contributed by atoms with van der Waals surface area (Å²) in [6.07, 6.45) is 1.85. The molecule has 33 heavy (non-hydrogen) atoms. The molecular weight excluding hydrogens is 579 g/mol. The summed E-state index contributed by atoms with van der Waals surface area (Å²) in [5.74, 6) is 0. The minimum absolute atomic E-state index is 0. The largest absolute Gasteiger partial charge is 3.00 e. The van der Waals surface area contributed by atoms with Crippen LogP contribution in [0.2, 0.25) is 0 Å². The molecule has 1 heterocycles. The molecule has 1 nitrogen and oxygen atoms in total. The van der Waals surface area contributed by atoms with E-state index in [-0.39, 0.29) is 20.1 Å². The third-order valence-electron chi connectivity index (χ3n) is 5.34. The van der Waals surface area contributed by atoms with Gasteiger partial charge in [0.25, 0.3) is 0 Å². The predicted molar refractivity (Wildman–Crippen MR) is 133 cm³/mol. The normalized spacial score (nSPS) is 10.2. The van der Waals surface area contributed by atoms with Gasteiger partial charge >= 0.3 is 20.1 Å². The number of rotatable bonds is 2. The molecule has 0 bridgehead atoms. The molecule has 0 unspecified atom stereocenters. The van der Waals surface area contributed by atoms with Gasteiger partial charge in [-0.25, -0.2) is 11.1 Å². The van der Waals surface area contributed by atoms with Gasteiger partial charge in [0.15, 0.2) is 0 Å². The van der Waals surface area contributed by atoms with E-state index < -0.39 is 0 Å². The van der Waals surface area contributed by atoms with Crippen molar-refractivity contribution in [1.29, 1.82) is 0 Å². The van der Waals surface area contributed by atoms with Crippen LogP contribution in [0.15, 0.2) is 121 Å². The molecule has 0 N–H and O–H groups in total. The van der Waals surface area contributed by atoms with E-state index in [4.69, 9.17) is 0 Å². The molecule has 0 aliphatic carbocycles. The van der Waals surface area contributed by atoms with Crippen molar-refractivity contribution in [3.63, 3.8) is 0 Å². The molecule has 0 saturated heterocycles. The fourth-order valence-corrected chi connectivity index (χ4v) is 3.81. The van der Waals surface area contributed by atoms with Crippen LogP contribution in [0.5, 0.6) is 0 Å². The Morgan fingerprint density at radius 2 is 1.09 bits per heavy atom. The standard InChI is InChI=1S/C16H10.C15H10N.Ir/c1-2-7-13(8-3-1)16-12-6-10-14-9-4-5-11-15(14)16;1-2-7-13(8-3-1)15-14-9-5-4-6-12(14)10-11-16-15;/h2*1-7,9-11H;/q-2;-1;+3. The Labute approximate surface area is 208 Å². The van der Waals surface area contributed by atoms with E-state index in [9.17, 15) is 0 Å². The molecule has 2 heteroatoms. The van der Waals surface area contributed by atoms with Gasteiger partial charge in [-0.15, -0.1) is 64.9 Å². The van der Waals surface area contributed by atoms with Crippen molar-refractivity contribution in [3.8, 4) is 22.4 Å². The first-order chi connectivity index (χ1) is 15.9. The molecule has 0 fully saturated rings. The van der Waals surface area contributed by atoms with Crippen molar-refractivity contribution in [3.05, 3.63) is 140 Å². The minimum Gasteiger partial charge on any atom is -0.304 e. The molecule has 5 aromatic carbocycles. The second-order valence-corrected chi connectivity index (χ2v) is 7.37. The van der Waals surface area contributed by atoms with Crippen molar-refractivity contribution in [2.45, 2.75) is 0 Å². The Balaban J connectivity index is 0.000000152. The van der Waals surface area contributed by atoms with Crippen LogP contribution >= 0.6 is 0 Å².